The van der Waals surface area contributed by atoms with Crippen LogP contribution in [0.25, 0.3) is 0 Å². The number of nitrogens with zero attached hydrogens (tertiary/aromatic N) is 3. The van der Waals surface area contributed by atoms with Gasteiger partial charge in [-0.15, -0.1) is 0 Å². The molecule has 0 amide bonds. The highest BCUT2D eigenvalue weighted by Crippen LogP contribution is 2.28. The standard InChI is InChI=1S/C21H34N4O3S/c1-22-21(24(2)14-15-28-17-19-6-7-19)23-16-18-8-10-20(11-9-18)29(26,27)25-12-4-3-5-13-25/h8-11,19H,3-7,12-17H2,1-2H3,(H,22,23). The molecule has 1 saturated heterocycles. The highest BCUT2D eigenvalue weighted by atomic mass is 32.2. The predicted molar refractivity (Wildman–Crippen MR) is 115 cm³/mol. The van der Waals surface area contributed by atoms with Gasteiger partial charge in [-0.25, -0.2) is 8.42 Å². The summed E-state index contributed by atoms with van der Waals surface area (Å²) in [5.41, 5.74) is 1.02. The van der Waals surface area contributed by atoms with E-state index >= 15 is 0 Å². The molecule has 1 N–H and O–H groups in total. The zero-order valence-corrected chi connectivity index (χ0v) is 18.5. The van der Waals surface area contributed by atoms with Crippen molar-refractivity contribution in [1.82, 2.24) is 14.5 Å². The molecule has 1 aliphatic carbocycles. The number of nitrogens with one attached hydrogen (secondary N) is 1. The van der Waals surface area contributed by atoms with Crippen molar-refractivity contribution < 1.29 is 13.2 Å². The fourth-order valence-corrected chi connectivity index (χ4v) is 4.96. The molecule has 0 atom stereocenters. The van der Waals surface area contributed by atoms with Gasteiger partial charge in [-0.3, -0.25) is 4.99 Å². The maximum absolute atomic E-state index is 12.7. The highest BCUT2D eigenvalue weighted by molar-refractivity contribution is 7.89. The Kier molecular flexibility index (Phi) is 7.91. The Bertz CT molecular complexity index is 770. The lowest BCUT2D eigenvalue weighted by molar-refractivity contribution is 0.115. The lowest BCUT2D eigenvalue weighted by Crippen LogP contribution is -2.40. The van der Waals surface area contributed by atoms with Crippen LogP contribution in [0.1, 0.15) is 37.7 Å². The van der Waals surface area contributed by atoms with E-state index in [2.05, 4.69) is 10.3 Å². The van der Waals surface area contributed by atoms with Crippen LogP contribution in [-0.4, -0.2) is 70.5 Å². The molecule has 1 aromatic carbocycles. The summed E-state index contributed by atoms with van der Waals surface area (Å²) >= 11 is 0. The van der Waals surface area contributed by atoms with Crippen LogP contribution in [0.15, 0.2) is 34.2 Å². The van der Waals surface area contributed by atoms with E-state index in [1.54, 1.807) is 23.5 Å². The molecule has 0 unspecified atom stereocenters. The van der Waals surface area contributed by atoms with E-state index in [0.717, 1.165) is 49.9 Å². The van der Waals surface area contributed by atoms with Crippen molar-refractivity contribution in [2.24, 2.45) is 10.9 Å². The number of benzene rings is 1. The van der Waals surface area contributed by atoms with Crippen molar-refractivity contribution in [2.45, 2.75) is 43.5 Å². The van der Waals surface area contributed by atoms with Crippen LogP contribution >= 0.6 is 0 Å². The van der Waals surface area contributed by atoms with E-state index in [1.165, 1.54) is 12.8 Å². The smallest absolute Gasteiger partial charge is 0.243 e. The maximum Gasteiger partial charge on any atom is 0.243 e. The molecule has 7 nitrogen and oxygen atoms in total. The minimum Gasteiger partial charge on any atom is -0.379 e. The van der Waals surface area contributed by atoms with Gasteiger partial charge < -0.3 is 15.0 Å². The molecule has 8 heteroatoms. The molecule has 2 fully saturated rings. The molecular formula is C21H34N4O3S. The SMILES string of the molecule is CN=C(NCc1ccc(S(=O)(=O)N2CCCCC2)cc1)N(C)CCOCC1CC1. The highest BCUT2D eigenvalue weighted by Gasteiger charge is 2.25. The van der Waals surface area contributed by atoms with Gasteiger partial charge in [-0.2, -0.15) is 4.31 Å². The number of likely N-dealkylation sites (N-methyl/N-ethyl adjacent to an activating group) is 1. The number of ether oxygens (including phenoxy) is 1. The summed E-state index contributed by atoms with van der Waals surface area (Å²) in [5, 5.41) is 3.33. The molecule has 162 valence electrons. The Balaban J connectivity index is 1.47. The van der Waals surface area contributed by atoms with E-state index in [4.69, 9.17) is 4.74 Å². The Hall–Kier alpha value is -1.64. The summed E-state index contributed by atoms with van der Waals surface area (Å²) in [6.07, 6.45) is 5.60. The third-order valence-electron chi connectivity index (χ3n) is 5.52. The number of piperidine rings is 1. The first-order chi connectivity index (χ1) is 14.0. The van der Waals surface area contributed by atoms with E-state index in [0.29, 0.717) is 31.1 Å². The van der Waals surface area contributed by atoms with Crippen molar-refractivity contribution >= 4 is 16.0 Å². The summed E-state index contributed by atoms with van der Waals surface area (Å²) in [6.45, 7) is 4.17. The second-order valence-electron chi connectivity index (χ2n) is 7.95. The third kappa shape index (κ3) is 6.42. The zero-order valence-electron chi connectivity index (χ0n) is 17.6. The van der Waals surface area contributed by atoms with Crippen molar-refractivity contribution in [3.63, 3.8) is 0 Å². The Labute approximate surface area is 175 Å². The summed E-state index contributed by atoms with van der Waals surface area (Å²) in [5.74, 6) is 1.57. The average Bonchev–Trinajstić information content (AvgIpc) is 3.57. The topological polar surface area (TPSA) is 74.2 Å². The Morgan fingerprint density at radius 3 is 2.52 bits per heavy atom. The molecule has 0 bridgehead atoms. The molecular weight excluding hydrogens is 388 g/mol. The first-order valence-corrected chi connectivity index (χ1v) is 12.0. The fourth-order valence-electron chi connectivity index (χ4n) is 3.44. The van der Waals surface area contributed by atoms with Crippen molar-refractivity contribution in [1.29, 1.82) is 0 Å². The number of sulfonamides is 1. The van der Waals surface area contributed by atoms with Gasteiger partial charge in [0, 0.05) is 46.9 Å². The molecule has 29 heavy (non-hydrogen) atoms. The van der Waals surface area contributed by atoms with E-state index in [-0.39, 0.29) is 0 Å². The van der Waals surface area contributed by atoms with Crippen LogP contribution in [0.4, 0.5) is 0 Å². The van der Waals surface area contributed by atoms with Crippen LogP contribution < -0.4 is 5.32 Å². The molecule has 0 radical (unpaired) electrons. The van der Waals surface area contributed by atoms with Gasteiger partial charge in [0.25, 0.3) is 0 Å². The summed E-state index contributed by atoms with van der Waals surface area (Å²) in [6, 6.07) is 7.16. The van der Waals surface area contributed by atoms with Gasteiger partial charge in [0.2, 0.25) is 10.0 Å². The maximum atomic E-state index is 12.7. The lowest BCUT2D eigenvalue weighted by Gasteiger charge is -2.26. The van der Waals surface area contributed by atoms with E-state index < -0.39 is 10.0 Å². The summed E-state index contributed by atoms with van der Waals surface area (Å²) in [7, 11) is 0.377. The van der Waals surface area contributed by atoms with Crippen LogP contribution in [0.3, 0.4) is 0 Å². The van der Waals surface area contributed by atoms with Gasteiger partial charge in [0.1, 0.15) is 0 Å². The quantitative estimate of drug-likeness (QED) is 0.375. The van der Waals surface area contributed by atoms with Crippen molar-refractivity contribution in [2.75, 3.05) is 46.9 Å². The van der Waals surface area contributed by atoms with Gasteiger partial charge in [0.15, 0.2) is 5.96 Å². The first-order valence-electron chi connectivity index (χ1n) is 10.6. The minimum atomic E-state index is -3.38. The van der Waals surface area contributed by atoms with Crippen LogP contribution in [0.5, 0.6) is 0 Å². The Morgan fingerprint density at radius 1 is 1.21 bits per heavy atom. The lowest BCUT2D eigenvalue weighted by atomic mass is 10.2. The molecule has 1 aromatic rings. The largest absolute Gasteiger partial charge is 0.379 e. The fraction of sp³-hybridized carbons (Fsp3) is 0.667. The van der Waals surface area contributed by atoms with Gasteiger partial charge in [-0.1, -0.05) is 18.6 Å². The van der Waals surface area contributed by atoms with Crippen molar-refractivity contribution in [3.8, 4) is 0 Å². The predicted octanol–water partition coefficient (Wildman–Crippen LogP) is 2.29. The number of rotatable bonds is 9. The molecule has 2 aliphatic rings. The third-order valence-corrected chi connectivity index (χ3v) is 7.43. The summed E-state index contributed by atoms with van der Waals surface area (Å²) in [4.78, 5) is 6.74. The normalized spacial score (nSPS) is 18.6. The first kappa shape index (κ1) is 22.1. The minimum absolute atomic E-state index is 0.373. The molecule has 3 rings (SSSR count). The van der Waals surface area contributed by atoms with Gasteiger partial charge >= 0.3 is 0 Å². The van der Waals surface area contributed by atoms with Gasteiger partial charge in [-0.05, 0) is 49.3 Å². The van der Waals surface area contributed by atoms with E-state index in [1.807, 2.05) is 24.1 Å². The molecule has 1 heterocycles. The van der Waals surface area contributed by atoms with Gasteiger partial charge in [0.05, 0.1) is 11.5 Å². The monoisotopic (exact) mass is 422 g/mol. The molecule has 1 aliphatic heterocycles. The number of aliphatic imine (C=N–C) groups is 1. The number of hydrogen-bond donors (Lipinski definition) is 1. The zero-order chi connectivity index (χ0) is 20.7. The number of hydrogen-bond acceptors (Lipinski definition) is 4. The van der Waals surface area contributed by atoms with E-state index in [9.17, 15) is 8.42 Å². The van der Waals surface area contributed by atoms with Crippen molar-refractivity contribution in [3.05, 3.63) is 29.8 Å². The molecule has 0 spiro atoms. The second-order valence-corrected chi connectivity index (χ2v) is 9.89. The second kappa shape index (κ2) is 10.4. The molecule has 0 aromatic heterocycles. The average molecular weight is 423 g/mol. The van der Waals surface area contributed by atoms with Crippen LogP contribution in [0, 0.1) is 5.92 Å². The molecule has 1 saturated carbocycles. The van der Waals surface area contributed by atoms with Crippen LogP contribution in [0.2, 0.25) is 0 Å². The van der Waals surface area contributed by atoms with Crippen LogP contribution in [-0.2, 0) is 21.3 Å². The summed E-state index contributed by atoms with van der Waals surface area (Å²) < 4.78 is 32.8. The Morgan fingerprint density at radius 2 is 1.90 bits per heavy atom. The number of guanidine groups is 1.